The Morgan fingerprint density at radius 3 is 2.50 bits per heavy atom. The van der Waals surface area contributed by atoms with E-state index in [4.69, 9.17) is 0 Å². The van der Waals surface area contributed by atoms with E-state index >= 15 is 0 Å². The Morgan fingerprint density at radius 2 is 1.66 bits per heavy atom. The Balaban J connectivity index is 1.47. The predicted octanol–water partition coefficient (Wildman–Crippen LogP) is 7.49. The van der Waals surface area contributed by atoms with Crippen LogP contribution in [-0.4, -0.2) is 28.1 Å². The maximum absolute atomic E-state index is 3.59. The second-order valence-electron chi connectivity index (χ2n) is 9.60. The lowest BCUT2D eigenvalue weighted by Gasteiger charge is -2.48. The van der Waals surface area contributed by atoms with Gasteiger partial charge in [0.05, 0.1) is 0 Å². The maximum atomic E-state index is 3.59. The zero-order chi connectivity index (χ0) is 21.8. The molecular weight excluding hydrogens is 408 g/mol. The van der Waals surface area contributed by atoms with Crippen LogP contribution in [0.5, 0.6) is 0 Å². The quantitative estimate of drug-likeness (QED) is 0.514. The molecule has 1 N–H and O–H groups in total. The van der Waals surface area contributed by atoms with E-state index in [0.717, 1.165) is 5.25 Å². The van der Waals surface area contributed by atoms with Gasteiger partial charge < -0.3 is 5.32 Å². The van der Waals surface area contributed by atoms with Crippen LogP contribution >= 0.6 is 11.8 Å². The summed E-state index contributed by atoms with van der Waals surface area (Å²) in [6.07, 6.45) is 20.3. The van der Waals surface area contributed by atoms with Gasteiger partial charge in [-0.2, -0.15) is 0 Å². The van der Waals surface area contributed by atoms with E-state index in [1.54, 1.807) is 0 Å². The molecule has 1 unspecified atom stereocenters. The zero-order valence-corrected chi connectivity index (χ0v) is 20.2. The van der Waals surface area contributed by atoms with Crippen LogP contribution in [0.15, 0.2) is 72.1 Å². The minimum absolute atomic E-state index is 0.00783. The number of thioether (sulfide) groups is 1. The van der Waals surface area contributed by atoms with E-state index in [0.29, 0.717) is 0 Å². The van der Waals surface area contributed by atoms with Gasteiger partial charge in [0.1, 0.15) is 4.87 Å². The molecule has 2 aromatic carbocycles. The van der Waals surface area contributed by atoms with Crippen LogP contribution in [0.1, 0.15) is 63.9 Å². The monoisotopic (exact) mass is 444 g/mol. The van der Waals surface area contributed by atoms with Crippen molar-refractivity contribution in [3.63, 3.8) is 0 Å². The smallest absolute Gasteiger partial charge is 0.111 e. The van der Waals surface area contributed by atoms with Gasteiger partial charge in [-0.05, 0) is 66.7 Å². The highest BCUT2D eigenvalue weighted by atomic mass is 32.2. The SMILES string of the molecule is CC1=CNC(/C=C\c2cccc3ccccc23)=CC1(SC1CCCCC1)N1CCCCC1. The first-order chi connectivity index (χ1) is 15.7. The summed E-state index contributed by atoms with van der Waals surface area (Å²) in [5.74, 6) is 0. The van der Waals surface area contributed by atoms with E-state index in [-0.39, 0.29) is 4.87 Å². The van der Waals surface area contributed by atoms with Crippen LogP contribution in [0.3, 0.4) is 0 Å². The minimum atomic E-state index is -0.00783. The van der Waals surface area contributed by atoms with Crippen molar-refractivity contribution >= 4 is 28.6 Å². The fourth-order valence-electron chi connectivity index (χ4n) is 5.54. The molecule has 2 heterocycles. The van der Waals surface area contributed by atoms with Gasteiger partial charge in [-0.15, -0.1) is 11.8 Å². The molecular formula is C29H36N2S. The van der Waals surface area contributed by atoms with Crippen molar-refractivity contribution in [1.29, 1.82) is 0 Å². The lowest BCUT2D eigenvalue weighted by molar-refractivity contribution is 0.187. The summed E-state index contributed by atoms with van der Waals surface area (Å²) in [6.45, 7) is 4.75. The van der Waals surface area contributed by atoms with Gasteiger partial charge in [0, 0.05) is 30.2 Å². The van der Waals surface area contributed by atoms with Gasteiger partial charge in [-0.25, -0.2) is 0 Å². The Labute approximate surface area is 197 Å². The number of hydrogen-bond acceptors (Lipinski definition) is 3. The molecule has 2 aliphatic heterocycles. The fraction of sp³-hybridized carbons (Fsp3) is 0.448. The standard InChI is InChI=1S/C29H36N2S/c1-23-22-30-26(18-17-25-13-10-12-24-11-6-7-16-28(24)25)21-29(23,31-19-8-3-9-20-31)32-27-14-4-2-5-15-27/h6-7,10-13,16-18,21-22,27,30H,2-5,8-9,14-15,19-20H2,1H3/b18-17-. The molecule has 2 nitrogen and oxygen atoms in total. The van der Waals surface area contributed by atoms with Crippen molar-refractivity contribution in [2.24, 2.45) is 0 Å². The molecule has 0 spiro atoms. The first kappa shape index (κ1) is 21.9. The van der Waals surface area contributed by atoms with Crippen molar-refractivity contribution in [3.8, 4) is 0 Å². The largest absolute Gasteiger partial charge is 0.362 e. The number of nitrogens with one attached hydrogen (secondary N) is 1. The number of nitrogens with zero attached hydrogens (tertiary/aromatic N) is 1. The zero-order valence-electron chi connectivity index (χ0n) is 19.4. The van der Waals surface area contributed by atoms with E-state index in [9.17, 15) is 0 Å². The average Bonchev–Trinajstić information content (AvgIpc) is 2.85. The van der Waals surface area contributed by atoms with Crippen LogP contribution in [-0.2, 0) is 0 Å². The van der Waals surface area contributed by atoms with E-state index < -0.39 is 0 Å². The number of rotatable bonds is 5. The molecule has 3 aliphatic rings. The van der Waals surface area contributed by atoms with Gasteiger partial charge in [-0.1, -0.05) is 74.2 Å². The highest BCUT2D eigenvalue weighted by molar-refractivity contribution is 8.01. The number of benzene rings is 2. The topological polar surface area (TPSA) is 15.3 Å². The van der Waals surface area contributed by atoms with Gasteiger partial charge in [0.15, 0.2) is 0 Å². The Morgan fingerprint density at radius 1 is 0.906 bits per heavy atom. The van der Waals surface area contributed by atoms with Crippen LogP contribution in [0.2, 0.25) is 0 Å². The number of likely N-dealkylation sites (tertiary alicyclic amines) is 1. The molecule has 5 rings (SSSR count). The molecule has 3 heteroatoms. The first-order valence-corrected chi connectivity index (χ1v) is 13.4. The second kappa shape index (κ2) is 9.89. The Bertz CT molecular complexity index is 1020. The summed E-state index contributed by atoms with van der Waals surface area (Å²) in [6, 6.07) is 15.2. The number of dihydropyridines is 1. The Hall–Kier alpha value is -1.97. The molecule has 2 fully saturated rings. The fourth-order valence-corrected chi connectivity index (χ4v) is 7.39. The van der Waals surface area contributed by atoms with Crippen LogP contribution in [0.25, 0.3) is 16.8 Å². The molecule has 0 amide bonds. The van der Waals surface area contributed by atoms with Crippen molar-refractivity contribution in [2.45, 2.75) is 68.4 Å². The third kappa shape index (κ3) is 4.56. The summed E-state index contributed by atoms with van der Waals surface area (Å²) in [4.78, 5) is 2.76. The predicted molar refractivity (Wildman–Crippen MR) is 141 cm³/mol. The number of piperidine rings is 1. The van der Waals surface area contributed by atoms with Crippen molar-refractivity contribution in [2.75, 3.05) is 13.1 Å². The molecule has 0 bridgehead atoms. The maximum Gasteiger partial charge on any atom is 0.111 e. The molecule has 1 saturated heterocycles. The lowest BCUT2D eigenvalue weighted by atomic mass is 9.98. The summed E-state index contributed by atoms with van der Waals surface area (Å²) >= 11 is 2.24. The summed E-state index contributed by atoms with van der Waals surface area (Å²) < 4.78 is 0. The highest BCUT2D eigenvalue weighted by Gasteiger charge is 2.41. The third-order valence-corrected chi connectivity index (χ3v) is 9.22. The molecule has 0 aromatic heterocycles. The van der Waals surface area contributed by atoms with E-state index in [1.165, 1.54) is 92.1 Å². The number of hydrogen-bond donors (Lipinski definition) is 1. The average molecular weight is 445 g/mol. The van der Waals surface area contributed by atoms with E-state index in [2.05, 4.69) is 95.8 Å². The number of allylic oxidation sites excluding steroid dienone is 1. The van der Waals surface area contributed by atoms with Crippen molar-refractivity contribution in [3.05, 3.63) is 77.7 Å². The summed E-state index contributed by atoms with van der Waals surface area (Å²) in [5.41, 5.74) is 3.95. The molecule has 168 valence electrons. The summed E-state index contributed by atoms with van der Waals surface area (Å²) in [7, 11) is 0. The van der Waals surface area contributed by atoms with Gasteiger partial charge >= 0.3 is 0 Å². The lowest BCUT2D eigenvalue weighted by Crippen LogP contribution is -2.51. The Kier molecular flexibility index (Phi) is 6.75. The minimum Gasteiger partial charge on any atom is -0.362 e. The van der Waals surface area contributed by atoms with Gasteiger partial charge in [0.25, 0.3) is 0 Å². The van der Waals surface area contributed by atoms with Gasteiger partial charge in [-0.3, -0.25) is 4.90 Å². The van der Waals surface area contributed by atoms with Gasteiger partial charge in [0.2, 0.25) is 0 Å². The second-order valence-corrected chi connectivity index (χ2v) is 11.1. The normalized spacial score (nSPS) is 25.5. The third-order valence-electron chi connectivity index (χ3n) is 7.36. The highest BCUT2D eigenvalue weighted by Crippen LogP contribution is 2.47. The summed E-state index contributed by atoms with van der Waals surface area (Å²) in [5, 5.41) is 6.97. The van der Waals surface area contributed by atoms with E-state index in [1.807, 2.05) is 0 Å². The van der Waals surface area contributed by atoms with Crippen LogP contribution in [0, 0.1) is 0 Å². The molecule has 32 heavy (non-hydrogen) atoms. The van der Waals surface area contributed by atoms with Crippen molar-refractivity contribution < 1.29 is 0 Å². The first-order valence-electron chi connectivity index (χ1n) is 12.5. The molecule has 1 saturated carbocycles. The molecule has 1 atom stereocenters. The molecule has 0 radical (unpaired) electrons. The van der Waals surface area contributed by atoms with Crippen molar-refractivity contribution in [1.82, 2.24) is 10.2 Å². The number of fused-ring (bicyclic) bond motifs is 1. The molecule has 1 aliphatic carbocycles. The molecule has 2 aromatic rings. The van der Waals surface area contributed by atoms with Crippen LogP contribution in [0.4, 0.5) is 0 Å². The van der Waals surface area contributed by atoms with Crippen LogP contribution < -0.4 is 5.32 Å².